The number of hydrogen-bond donors (Lipinski definition) is 2. The summed E-state index contributed by atoms with van der Waals surface area (Å²) in [5.74, 6) is -0.0434. The van der Waals surface area contributed by atoms with E-state index in [4.69, 9.17) is 5.26 Å². The average molecular weight is 249 g/mol. The molecule has 0 saturated heterocycles. The third-order valence-corrected chi connectivity index (χ3v) is 3.88. The van der Waals surface area contributed by atoms with Gasteiger partial charge in [-0.05, 0) is 52.0 Å². The van der Waals surface area contributed by atoms with Gasteiger partial charge in [0.05, 0.1) is 17.3 Å². The molecule has 0 aliphatic heterocycles. The Balaban J connectivity index is 2.94. The van der Waals surface area contributed by atoms with E-state index in [9.17, 15) is 10.2 Å². The molecule has 0 aromatic carbocycles. The maximum atomic E-state index is 10.4. The Kier molecular flexibility index (Phi) is 4.37. The van der Waals surface area contributed by atoms with Crippen molar-refractivity contribution in [1.82, 2.24) is 0 Å². The van der Waals surface area contributed by atoms with E-state index < -0.39 is 11.2 Å². The highest BCUT2D eigenvalue weighted by molar-refractivity contribution is 5.24. The van der Waals surface area contributed by atoms with Gasteiger partial charge < -0.3 is 10.2 Å². The van der Waals surface area contributed by atoms with Crippen LogP contribution in [0.5, 0.6) is 0 Å². The van der Waals surface area contributed by atoms with Crippen LogP contribution in [0.2, 0.25) is 0 Å². The summed E-state index contributed by atoms with van der Waals surface area (Å²) >= 11 is 0. The standard InChI is InChI=1S/C15H23NO2/c1-11(8-10-16)5-6-13-12(14(2,3)17)7-9-15(13,4)18/h5-6,8,12-13,17-18H,7,9H2,1-4H3/b6-5+,11-8+/t12?,13-,15+/m1/s1. The highest BCUT2D eigenvalue weighted by Gasteiger charge is 2.47. The van der Waals surface area contributed by atoms with E-state index in [2.05, 4.69) is 0 Å². The zero-order valence-electron chi connectivity index (χ0n) is 11.6. The third-order valence-electron chi connectivity index (χ3n) is 3.88. The van der Waals surface area contributed by atoms with Crippen LogP contribution < -0.4 is 0 Å². The second-order valence-corrected chi connectivity index (χ2v) is 6.06. The molecule has 0 aromatic heterocycles. The maximum absolute atomic E-state index is 10.4. The van der Waals surface area contributed by atoms with Crippen LogP contribution in [0.15, 0.2) is 23.8 Å². The van der Waals surface area contributed by atoms with Gasteiger partial charge in [-0.2, -0.15) is 5.26 Å². The Morgan fingerprint density at radius 3 is 2.61 bits per heavy atom. The monoisotopic (exact) mass is 249 g/mol. The van der Waals surface area contributed by atoms with E-state index in [0.29, 0.717) is 6.42 Å². The van der Waals surface area contributed by atoms with Crippen molar-refractivity contribution < 1.29 is 10.2 Å². The van der Waals surface area contributed by atoms with Crippen molar-refractivity contribution in [2.75, 3.05) is 0 Å². The zero-order valence-corrected chi connectivity index (χ0v) is 11.6. The normalized spacial score (nSPS) is 33.9. The number of nitrogens with zero attached hydrogens (tertiary/aromatic N) is 1. The minimum absolute atomic E-state index is 0.0404. The molecule has 18 heavy (non-hydrogen) atoms. The molecule has 0 heterocycles. The molecule has 0 spiro atoms. The summed E-state index contributed by atoms with van der Waals surface area (Å²) in [6.45, 7) is 7.25. The molecule has 1 unspecified atom stereocenters. The van der Waals surface area contributed by atoms with Crippen LogP contribution in [-0.4, -0.2) is 21.4 Å². The minimum Gasteiger partial charge on any atom is -0.390 e. The molecular weight excluding hydrogens is 226 g/mol. The highest BCUT2D eigenvalue weighted by Crippen LogP contribution is 2.46. The number of allylic oxidation sites excluding steroid dienone is 3. The summed E-state index contributed by atoms with van der Waals surface area (Å²) in [5.41, 5.74) is -0.731. The topological polar surface area (TPSA) is 64.2 Å². The minimum atomic E-state index is -0.803. The number of rotatable bonds is 3. The third kappa shape index (κ3) is 3.44. The lowest BCUT2D eigenvalue weighted by molar-refractivity contribution is -0.0294. The maximum Gasteiger partial charge on any atom is 0.0914 e. The van der Waals surface area contributed by atoms with Crippen LogP contribution >= 0.6 is 0 Å². The van der Waals surface area contributed by atoms with E-state index in [1.165, 1.54) is 6.08 Å². The van der Waals surface area contributed by atoms with Crippen molar-refractivity contribution in [1.29, 1.82) is 5.26 Å². The SMILES string of the molecule is CC(/C=C/[C@@H]1C(C(C)(C)O)CC[C@]1(C)O)=C\C#N. The fourth-order valence-corrected chi connectivity index (χ4v) is 2.77. The predicted octanol–water partition coefficient (Wildman–Crippen LogP) is 2.56. The van der Waals surface area contributed by atoms with Crippen LogP contribution in [0, 0.1) is 23.2 Å². The van der Waals surface area contributed by atoms with Crippen molar-refractivity contribution in [3.63, 3.8) is 0 Å². The Morgan fingerprint density at radius 2 is 2.11 bits per heavy atom. The van der Waals surface area contributed by atoms with Gasteiger partial charge in [-0.25, -0.2) is 0 Å². The smallest absolute Gasteiger partial charge is 0.0914 e. The predicted molar refractivity (Wildman–Crippen MR) is 71.6 cm³/mol. The Hall–Kier alpha value is -1.11. The molecule has 1 rings (SSSR count). The van der Waals surface area contributed by atoms with E-state index in [0.717, 1.165) is 12.0 Å². The molecule has 1 saturated carbocycles. The van der Waals surface area contributed by atoms with Crippen molar-refractivity contribution >= 4 is 0 Å². The van der Waals surface area contributed by atoms with Crippen molar-refractivity contribution in [3.8, 4) is 6.07 Å². The largest absolute Gasteiger partial charge is 0.390 e. The summed E-state index contributed by atoms with van der Waals surface area (Å²) in [5, 5.41) is 29.1. The number of nitriles is 1. The first-order valence-corrected chi connectivity index (χ1v) is 6.38. The van der Waals surface area contributed by atoms with Gasteiger partial charge in [-0.15, -0.1) is 0 Å². The fourth-order valence-electron chi connectivity index (χ4n) is 2.77. The molecule has 3 nitrogen and oxygen atoms in total. The summed E-state index contributed by atoms with van der Waals surface area (Å²) in [4.78, 5) is 0. The Morgan fingerprint density at radius 1 is 1.50 bits per heavy atom. The highest BCUT2D eigenvalue weighted by atomic mass is 16.3. The second-order valence-electron chi connectivity index (χ2n) is 6.06. The summed E-state index contributed by atoms with van der Waals surface area (Å²) in [6, 6.07) is 1.98. The summed E-state index contributed by atoms with van der Waals surface area (Å²) in [7, 11) is 0. The molecule has 1 aliphatic carbocycles. The van der Waals surface area contributed by atoms with Crippen LogP contribution in [0.3, 0.4) is 0 Å². The van der Waals surface area contributed by atoms with E-state index >= 15 is 0 Å². The first kappa shape index (κ1) is 14.9. The van der Waals surface area contributed by atoms with Gasteiger partial charge in [0.2, 0.25) is 0 Å². The van der Waals surface area contributed by atoms with Crippen LogP contribution in [0.25, 0.3) is 0 Å². The summed E-state index contributed by atoms with van der Waals surface area (Å²) < 4.78 is 0. The molecule has 0 bridgehead atoms. The molecule has 0 aromatic rings. The van der Waals surface area contributed by atoms with Gasteiger partial charge >= 0.3 is 0 Å². The molecule has 1 fully saturated rings. The quantitative estimate of drug-likeness (QED) is 0.597. The molecule has 3 atom stereocenters. The summed E-state index contributed by atoms with van der Waals surface area (Å²) in [6.07, 6.45) is 6.76. The van der Waals surface area contributed by atoms with Gasteiger partial charge in [0.1, 0.15) is 0 Å². The van der Waals surface area contributed by atoms with E-state index in [-0.39, 0.29) is 11.8 Å². The first-order valence-electron chi connectivity index (χ1n) is 6.38. The fraction of sp³-hybridized carbons (Fsp3) is 0.667. The van der Waals surface area contributed by atoms with E-state index in [1.807, 2.05) is 32.1 Å². The van der Waals surface area contributed by atoms with Crippen LogP contribution in [0.1, 0.15) is 40.5 Å². The number of aliphatic hydroxyl groups is 2. The molecule has 3 heteroatoms. The lowest BCUT2D eigenvalue weighted by Gasteiger charge is -2.33. The molecule has 0 amide bonds. The van der Waals surface area contributed by atoms with Gasteiger partial charge in [0.15, 0.2) is 0 Å². The van der Waals surface area contributed by atoms with Crippen molar-refractivity contribution in [3.05, 3.63) is 23.8 Å². The lowest BCUT2D eigenvalue weighted by atomic mass is 9.78. The van der Waals surface area contributed by atoms with Crippen LogP contribution in [-0.2, 0) is 0 Å². The zero-order chi connectivity index (χ0) is 14.0. The molecule has 2 N–H and O–H groups in total. The molecule has 0 radical (unpaired) electrons. The van der Waals surface area contributed by atoms with Gasteiger partial charge in [-0.3, -0.25) is 0 Å². The lowest BCUT2D eigenvalue weighted by Crippen LogP contribution is -2.39. The van der Waals surface area contributed by atoms with Gasteiger partial charge in [0, 0.05) is 12.0 Å². The first-order chi connectivity index (χ1) is 8.18. The molecular formula is C15H23NO2. The molecule has 100 valence electrons. The second kappa shape index (κ2) is 5.26. The molecule has 1 aliphatic rings. The van der Waals surface area contributed by atoms with Gasteiger partial charge in [-0.1, -0.05) is 12.2 Å². The Labute approximate surface area is 109 Å². The Bertz CT molecular complexity index is 394. The van der Waals surface area contributed by atoms with Crippen LogP contribution in [0.4, 0.5) is 0 Å². The van der Waals surface area contributed by atoms with Crippen molar-refractivity contribution in [2.24, 2.45) is 11.8 Å². The van der Waals surface area contributed by atoms with Crippen molar-refractivity contribution in [2.45, 2.75) is 51.7 Å². The van der Waals surface area contributed by atoms with Gasteiger partial charge in [0.25, 0.3) is 0 Å². The average Bonchev–Trinajstić information content (AvgIpc) is 2.50. The van der Waals surface area contributed by atoms with E-state index in [1.54, 1.807) is 13.8 Å². The number of hydrogen-bond acceptors (Lipinski definition) is 3.